The molecule has 2 N–H and O–H groups in total. The van der Waals surface area contributed by atoms with E-state index in [1.54, 1.807) is 0 Å². The lowest BCUT2D eigenvalue weighted by atomic mass is 9.89. The molecule has 1 aromatic carbocycles. The van der Waals surface area contributed by atoms with Crippen LogP contribution < -0.4 is 15.5 Å². The lowest BCUT2D eigenvalue weighted by Crippen LogP contribution is -2.41. The second kappa shape index (κ2) is 4.64. The monoisotopic (exact) mass is 355 g/mol. The van der Waals surface area contributed by atoms with Crippen molar-refractivity contribution in [3.05, 3.63) is 23.0 Å². The molecule has 0 aliphatic carbocycles. The summed E-state index contributed by atoms with van der Waals surface area (Å²) in [4.78, 5) is 37.0. The van der Waals surface area contributed by atoms with Crippen LogP contribution in [0, 0.1) is 5.82 Å². The molecule has 7 nitrogen and oxygen atoms in total. The number of cyclic esters (lactones) is 1. The van der Waals surface area contributed by atoms with Gasteiger partial charge in [0.15, 0.2) is 0 Å². The number of benzene rings is 1. The first-order chi connectivity index (χ1) is 11.6. The normalized spacial score (nSPS) is 26.2. The van der Waals surface area contributed by atoms with E-state index in [9.17, 15) is 27.6 Å². The van der Waals surface area contributed by atoms with Crippen molar-refractivity contribution in [2.24, 2.45) is 5.73 Å². The maximum absolute atomic E-state index is 14.5. The number of carbonyl (C=O) groups excluding carboxylic acids is 3. The number of alkyl halides is 2. The zero-order valence-corrected chi connectivity index (χ0v) is 12.9. The van der Waals surface area contributed by atoms with Gasteiger partial charge >= 0.3 is 6.09 Å². The molecule has 4 rings (SSSR count). The molecule has 0 saturated carbocycles. The van der Waals surface area contributed by atoms with E-state index in [-0.39, 0.29) is 17.7 Å². The van der Waals surface area contributed by atoms with Gasteiger partial charge in [-0.25, -0.2) is 18.0 Å². The summed E-state index contributed by atoms with van der Waals surface area (Å²) in [7, 11) is 1.21. The third-order valence-electron chi connectivity index (χ3n) is 4.84. The van der Waals surface area contributed by atoms with E-state index in [2.05, 4.69) is 0 Å². The van der Waals surface area contributed by atoms with Gasteiger partial charge in [-0.05, 0) is 5.56 Å². The summed E-state index contributed by atoms with van der Waals surface area (Å²) in [6.45, 7) is 0. The molecule has 2 atom stereocenters. The van der Waals surface area contributed by atoms with Crippen LogP contribution in [0.2, 0.25) is 0 Å². The maximum atomic E-state index is 14.5. The lowest BCUT2D eigenvalue weighted by molar-refractivity contribution is -0.127. The summed E-state index contributed by atoms with van der Waals surface area (Å²) in [6.07, 6.45) is -3.50. The Balaban J connectivity index is 1.95. The highest BCUT2D eigenvalue weighted by Crippen LogP contribution is 2.52. The van der Waals surface area contributed by atoms with Gasteiger partial charge in [-0.2, -0.15) is 0 Å². The van der Waals surface area contributed by atoms with E-state index in [0.29, 0.717) is 0 Å². The standard InChI is InChI=1S/C15H12F3N3O4/c1-20-9(22)4-15(17,18)10-5-2-8-12(13(19)23)25-14(24)21(8)7(5)3-6(16)11(10)20/h3,8,12H,2,4H2,1H3,(H2,19,23)/t8-,12+/m0/s1. The number of nitrogens with two attached hydrogens (primary N) is 1. The summed E-state index contributed by atoms with van der Waals surface area (Å²) >= 11 is 0. The van der Waals surface area contributed by atoms with Crippen molar-refractivity contribution < 1.29 is 32.3 Å². The summed E-state index contributed by atoms with van der Waals surface area (Å²) in [6, 6.07) is -0.00565. The second-order valence-electron chi connectivity index (χ2n) is 6.26. The summed E-state index contributed by atoms with van der Waals surface area (Å²) in [5, 5.41) is 0. The van der Waals surface area contributed by atoms with Crippen molar-refractivity contribution in [3.63, 3.8) is 0 Å². The topological polar surface area (TPSA) is 92.9 Å². The minimum Gasteiger partial charge on any atom is -0.433 e. The fourth-order valence-electron chi connectivity index (χ4n) is 3.78. The van der Waals surface area contributed by atoms with Crippen molar-refractivity contribution in [1.29, 1.82) is 0 Å². The Kier molecular flexibility index (Phi) is 2.92. The molecule has 0 radical (unpaired) electrons. The number of ether oxygens (including phenoxy) is 1. The average Bonchev–Trinajstić information content (AvgIpc) is 3.01. The number of hydrogen-bond acceptors (Lipinski definition) is 4. The highest BCUT2D eigenvalue weighted by molar-refractivity contribution is 6.02. The second-order valence-corrected chi connectivity index (χ2v) is 6.26. The van der Waals surface area contributed by atoms with Gasteiger partial charge < -0.3 is 15.4 Å². The minimum absolute atomic E-state index is 0.0219. The van der Waals surface area contributed by atoms with Crippen molar-refractivity contribution in [2.75, 3.05) is 16.8 Å². The number of anilines is 2. The molecule has 3 heterocycles. The Bertz CT molecular complexity index is 857. The third kappa shape index (κ3) is 1.90. The minimum atomic E-state index is -3.59. The molecule has 1 aromatic rings. The number of halogens is 3. The van der Waals surface area contributed by atoms with Crippen LogP contribution in [0.5, 0.6) is 0 Å². The Morgan fingerprint density at radius 3 is 2.72 bits per heavy atom. The molecule has 3 amide bonds. The first-order valence-electron chi connectivity index (χ1n) is 7.43. The number of carbonyl (C=O) groups is 3. The number of rotatable bonds is 1. The molecule has 132 valence electrons. The molecular formula is C15H12F3N3O4. The van der Waals surface area contributed by atoms with E-state index >= 15 is 0 Å². The lowest BCUT2D eigenvalue weighted by Gasteiger charge is -2.33. The van der Waals surface area contributed by atoms with Crippen LogP contribution >= 0.6 is 0 Å². The number of amides is 3. The van der Waals surface area contributed by atoms with Crippen molar-refractivity contribution in [3.8, 4) is 0 Å². The summed E-state index contributed by atoms with van der Waals surface area (Å²) < 4.78 is 48.5. The molecule has 0 aromatic heterocycles. The molecule has 0 bridgehead atoms. The van der Waals surface area contributed by atoms with Crippen LogP contribution in [0.3, 0.4) is 0 Å². The smallest absolute Gasteiger partial charge is 0.415 e. The molecule has 3 aliphatic rings. The van der Waals surface area contributed by atoms with Gasteiger partial charge in [-0.1, -0.05) is 0 Å². The quantitative estimate of drug-likeness (QED) is 0.814. The SMILES string of the molecule is CN1C(=O)CC(F)(F)c2c3c(cc(F)c21)N1C(=O)O[C@@H](C(N)=O)[C@@H]1C3. The van der Waals surface area contributed by atoms with E-state index < -0.39 is 59.5 Å². The van der Waals surface area contributed by atoms with Crippen LogP contribution in [-0.2, 0) is 26.7 Å². The van der Waals surface area contributed by atoms with Gasteiger partial charge in [0.25, 0.3) is 11.8 Å². The maximum Gasteiger partial charge on any atom is 0.415 e. The van der Waals surface area contributed by atoms with E-state index in [4.69, 9.17) is 10.5 Å². The van der Waals surface area contributed by atoms with Crippen molar-refractivity contribution >= 4 is 29.3 Å². The van der Waals surface area contributed by atoms with Crippen LogP contribution in [0.1, 0.15) is 17.5 Å². The molecule has 0 spiro atoms. The predicted molar refractivity (Wildman–Crippen MR) is 77.8 cm³/mol. The summed E-state index contributed by atoms with van der Waals surface area (Å²) in [5.41, 5.74) is 3.99. The third-order valence-corrected chi connectivity index (χ3v) is 4.84. The van der Waals surface area contributed by atoms with E-state index in [1.807, 2.05) is 0 Å². The molecule has 10 heteroatoms. The molecule has 1 fully saturated rings. The van der Waals surface area contributed by atoms with Gasteiger partial charge in [0, 0.05) is 19.5 Å². The number of primary amides is 1. The zero-order chi connectivity index (χ0) is 18.3. The first kappa shape index (κ1) is 15.7. The van der Waals surface area contributed by atoms with Crippen LogP contribution in [0.15, 0.2) is 6.07 Å². The number of hydrogen-bond donors (Lipinski definition) is 1. The molecule has 1 saturated heterocycles. The van der Waals surface area contributed by atoms with Crippen LogP contribution in [0.25, 0.3) is 0 Å². The van der Waals surface area contributed by atoms with Gasteiger partial charge in [0.05, 0.1) is 29.4 Å². The van der Waals surface area contributed by atoms with Gasteiger partial charge in [-0.15, -0.1) is 0 Å². The summed E-state index contributed by atoms with van der Waals surface area (Å²) in [5.74, 6) is -6.47. The Labute approximate surface area is 139 Å². The van der Waals surface area contributed by atoms with Gasteiger partial charge in [0.1, 0.15) is 5.82 Å². The molecule has 3 aliphatic heterocycles. The molecular weight excluding hydrogens is 343 g/mol. The van der Waals surface area contributed by atoms with Crippen LogP contribution in [-0.4, -0.2) is 37.1 Å². The largest absolute Gasteiger partial charge is 0.433 e. The fourth-order valence-corrected chi connectivity index (χ4v) is 3.78. The molecule has 25 heavy (non-hydrogen) atoms. The van der Waals surface area contributed by atoms with Gasteiger partial charge in [-0.3, -0.25) is 14.5 Å². The van der Waals surface area contributed by atoms with Crippen LogP contribution in [0.4, 0.5) is 29.3 Å². The van der Waals surface area contributed by atoms with Gasteiger partial charge in [0.2, 0.25) is 12.0 Å². The highest BCUT2D eigenvalue weighted by Gasteiger charge is 2.55. The first-order valence-corrected chi connectivity index (χ1v) is 7.43. The zero-order valence-electron chi connectivity index (χ0n) is 12.9. The predicted octanol–water partition coefficient (Wildman–Crippen LogP) is 1.02. The highest BCUT2D eigenvalue weighted by atomic mass is 19.3. The number of fused-ring (bicyclic) bond motifs is 5. The number of nitrogens with zero attached hydrogens (tertiary/aromatic N) is 2. The van der Waals surface area contributed by atoms with E-state index in [1.165, 1.54) is 7.05 Å². The van der Waals surface area contributed by atoms with E-state index in [0.717, 1.165) is 15.9 Å². The Morgan fingerprint density at radius 2 is 2.08 bits per heavy atom. The fraction of sp³-hybridized carbons (Fsp3) is 0.400. The van der Waals surface area contributed by atoms with Crippen molar-refractivity contribution in [1.82, 2.24) is 0 Å². The van der Waals surface area contributed by atoms with Crippen molar-refractivity contribution in [2.45, 2.75) is 30.9 Å². The Hall–Kier alpha value is -2.78. The molecule has 0 unspecified atom stereocenters. The Morgan fingerprint density at radius 1 is 1.40 bits per heavy atom. The average molecular weight is 355 g/mol.